The number of rotatable bonds is 2. The minimum absolute atomic E-state index is 0.237. The zero-order chi connectivity index (χ0) is 10.1. The van der Waals surface area contributed by atoms with Crippen LogP contribution in [0.5, 0.6) is 0 Å². The van der Waals surface area contributed by atoms with Crippen molar-refractivity contribution in [3.8, 4) is 0 Å². The normalized spacial score (nSPS) is 11.1. The fourth-order valence-electron chi connectivity index (χ4n) is 1.58. The second-order valence-electron chi connectivity index (χ2n) is 3.21. The summed E-state index contributed by atoms with van der Waals surface area (Å²) in [6.07, 6.45) is 0. The molecule has 0 radical (unpaired) electrons. The summed E-state index contributed by atoms with van der Waals surface area (Å²) in [5.74, 6) is 4.76. The van der Waals surface area contributed by atoms with Gasteiger partial charge in [-0.15, -0.1) is 0 Å². The van der Waals surface area contributed by atoms with Crippen LogP contribution in [0.3, 0.4) is 0 Å². The highest BCUT2D eigenvalue weighted by Crippen LogP contribution is 2.19. The average molecular weight is 194 g/mol. The van der Waals surface area contributed by atoms with E-state index in [1.165, 1.54) is 12.1 Å². The number of halogens is 1. The van der Waals surface area contributed by atoms with Gasteiger partial charge in [0.05, 0.1) is 5.52 Å². The first-order valence-corrected chi connectivity index (χ1v) is 4.28. The van der Waals surface area contributed by atoms with Gasteiger partial charge in [0, 0.05) is 18.1 Å². The third-order valence-corrected chi connectivity index (χ3v) is 2.34. The maximum absolute atomic E-state index is 12.9. The van der Waals surface area contributed by atoms with Gasteiger partial charge >= 0.3 is 0 Å². The molecular formula is C10H11FN2O. The lowest BCUT2D eigenvalue weighted by Crippen LogP contribution is -2.03. The molecule has 1 heterocycles. The fraction of sp³-hybridized carbons (Fsp3) is 0.200. The lowest BCUT2D eigenvalue weighted by molar-refractivity contribution is 0.119. The molecule has 0 atom stereocenters. The molecule has 0 saturated heterocycles. The Kier molecular flexibility index (Phi) is 2.23. The molecule has 0 saturated carbocycles. The van der Waals surface area contributed by atoms with Crippen molar-refractivity contribution in [3.05, 3.63) is 35.8 Å². The van der Waals surface area contributed by atoms with E-state index in [1.54, 1.807) is 6.07 Å². The number of hydrogen-bond donors (Lipinski definition) is 1. The van der Waals surface area contributed by atoms with Crippen molar-refractivity contribution in [1.29, 1.82) is 0 Å². The summed E-state index contributed by atoms with van der Waals surface area (Å²) in [6.45, 7) is 0.326. The van der Waals surface area contributed by atoms with E-state index in [-0.39, 0.29) is 5.82 Å². The largest absolute Gasteiger partial charge is 0.345 e. The van der Waals surface area contributed by atoms with E-state index in [9.17, 15) is 4.39 Å². The molecule has 2 aromatic rings. The SMILES string of the molecule is Cn1c(CON)cc2ccc(F)cc21. The van der Waals surface area contributed by atoms with Gasteiger partial charge in [0.15, 0.2) is 0 Å². The van der Waals surface area contributed by atoms with Crippen LogP contribution >= 0.6 is 0 Å². The highest BCUT2D eigenvalue weighted by molar-refractivity contribution is 5.81. The highest BCUT2D eigenvalue weighted by atomic mass is 19.1. The molecule has 1 aromatic heterocycles. The van der Waals surface area contributed by atoms with E-state index < -0.39 is 0 Å². The third-order valence-electron chi connectivity index (χ3n) is 2.34. The smallest absolute Gasteiger partial charge is 0.125 e. The molecule has 74 valence electrons. The van der Waals surface area contributed by atoms with Gasteiger partial charge in [-0.05, 0) is 24.3 Å². The number of aromatic nitrogens is 1. The second kappa shape index (κ2) is 3.40. The minimum atomic E-state index is -0.237. The van der Waals surface area contributed by atoms with Gasteiger partial charge in [-0.3, -0.25) is 4.84 Å². The first kappa shape index (κ1) is 9.18. The first-order chi connectivity index (χ1) is 6.72. The Morgan fingerprint density at radius 2 is 2.21 bits per heavy atom. The van der Waals surface area contributed by atoms with Crippen molar-refractivity contribution >= 4 is 10.9 Å². The van der Waals surface area contributed by atoms with Crippen LogP contribution in [0.15, 0.2) is 24.3 Å². The van der Waals surface area contributed by atoms with Gasteiger partial charge in [-0.25, -0.2) is 10.3 Å². The van der Waals surface area contributed by atoms with E-state index in [4.69, 9.17) is 5.90 Å². The number of nitrogens with two attached hydrogens (primary N) is 1. The third kappa shape index (κ3) is 1.38. The first-order valence-electron chi connectivity index (χ1n) is 4.28. The standard InChI is InChI=1S/C10H11FN2O/c1-13-9(6-14-12)4-7-2-3-8(11)5-10(7)13/h2-5H,6,12H2,1H3. The van der Waals surface area contributed by atoms with E-state index in [1.807, 2.05) is 17.7 Å². The molecular weight excluding hydrogens is 183 g/mol. The van der Waals surface area contributed by atoms with Crippen LogP contribution in [-0.4, -0.2) is 4.57 Å². The Hall–Kier alpha value is -1.39. The van der Waals surface area contributed by atoms with E-state index >= 15 is 0 Å². The van der Waals surface area contributed by atoms with Crippen molar-refractivity contribution in [2.75, 3.05) is 0 Å². The van der Waals surface area contributed by atoms with Crippen molar-refractivity contribution in [2.45, 2.75) is 6.61 Å². The zero-order valence-corrected chi connectivity index (χ0v) is 7.83. The summed E-state index contributed by atoms with van der Waals surface area (Å²) in [5.41, 5.74) is 1.77. The zero-order valence-electron chi connectivity index (χ0n) is 7.83. The number of hydrogen-bond acceptors (Lipinski definition) is 2. The summed E-state index contributed by atoms with van der Waals surface area (Å²) < 4.78 is 14.8. The van der Waals surface area contributed by atoms with Crippen molar-refractivity contribution in [3.63, 3.8) is 0 Å². The van der Waals surface area contributed by atoms with Crippen LogP contribution in [0.4, 0.5) is 4.39 Å². The predicted molar refractivity (Wildman–Crippen MR) is 51.9 cm³/mol. The van der Waals surface area contributed by atoms with Crippen LogP contribution in [0, 0.1) is 5.82 Å². The Morgan fingerprint density at radius 1 is 1.43 bits per heavy atom. The van der Waals surface area contributed by atoms with Gasteiger partial charge in [0.25, 0.3) is 0 Å². The summed E-state index contributed by atoms with van der Waals surface area (Å²) in [7, 11) is 1.86. The number of benzene rings is 1. The van der Waals surface area contributed by atoms with Crippen molar-refractivity contribution in [1.82, 2.24) is 4.57 Å². The van der Waals surface area contributed by atoms with Crippen LogP contribution in [0.2, 0.25) is 0 Å². The monoisotopic (exact) mass is 194 g/mol. The Balaban J connectivity index is 2.62. The molecule has 1 aromatic carbocycles. The van der Waals surface area contributed by atoms with Crippen molar-refractivity contribution < 1.29 is 9.23 Å². The quantitative estimate of drug-likeness (QED) is 0.739. The maximum atomic E-state index is 12.9. The number of aryl methyl sites for hydroxylation is 1. The van der Waals surface area contributed by atoms with Gasteiger partial charge in [-0.1, -0.05) is 0 Å². The van der Waals surface area contributed by atoms with Gasteiger partial charge in [0.2, 0.25) is 0 Å². The van der Waals surface area contributed by atoms with Crippen LogP contribution < -0.4 is 5.90 Å². The molecule has 0 aliphatic rings. The van der Waals surface area contributed by atoms with Gasteiger partial charge < -0.3 is 4.57 Å². The molecule has 2 N–H and O–H groups in total. The van der Waals surface area contributed by atoms with E-state index in [2.05, 4.69) is 4.84 Å². The van der Waals surface area contributed by atoms with Crippen molar-refractivity contribution in [2.24, 2.45) is 12.9 Å². The Morgan fingerprint density at radius 3 is 2.93 bits per heavy atom. The van der Waals surface area contributed by atoms with E-state index in [0.717, 1.165) is 16.6 Å². The summed E-state index contributed by atoms with van der Waals surface area (Å²) in [5, 5.41) is 0.987. The molecule has 0 fully saturated rings. The van der Waals surface area contributed by atoms with E-state index in [0.29, 0.717) is 6.61 Å². The number of fused-ring (bicyclic) bond motifs is 1. The summed E-state index contributed by atoms with van der Waals surface area (Å²) in [6, 6.07) is 6.61. The minimum Gasteiger partial charge on any atom is -0.345 e. The molecule has 0 aliphatic carbocycles. The second-order valence-corrected chi connectivity index (χ2v) is 3.21. The topological polar surface area (TPSA) is 40.2 Å². The molecule has 0 bridgehead atoms. The average Bonchev–Trinajstić information content (AvgIpc) is 2.46. The van der Waals surface area contributed by atoms with Gasteiger partial charge in [0.1, 0.15) is 12.4 Å². The summed E-state index contributed by atoms with van der Waals surface area (Å²) >= 11 is 0. The lowest BCUT2D eigenvalue weighted by Gasteiger charge is -2.01. The lowest BCUT2D eigenvalue weighted by atomic mass is 10.2. The van der Waals surface area contributed by atoms with Gasteiger partial charge in [-0.2, -0.15) is 0 Å². The molecule has 0 spiro atoms. The maximum Gasteiger partial charge on any atom is 0.125 e. The Bertz CT molecular complexity index is 464. The number of nitrogens with zero attached hydrogens (tertiary/aromatic N) is 1. The van der Waals surface area contributed by atoms with Crippen LogP contribution in [0.25, 0.3) is 10.9 Å². The molecule has 0 unspecified atom stereocenters. The molecule has 4 heteroatoms. The van der Waals surface area contributed by atoms with Crippen LogP contribution in [0.1, 0.15) is 5.69 Å². The molecule has 3 nitrogen and oxygen atoms in total. The molecule has 14 heavy (non-hydrogen) atoms. The summed E-state index contributed by atoms with van der Waals surface area (Å²) in [4.78, 5) is 4.55. The fourth-order valence-corrected chi connectivity index (χ4v) is 1.58. The van der Waals surface area contributed by atoms with Crippen LogP contribution in [-0.2, 0) is 18.5 Å². The predicted octanol–water partition coefficient (Wildman–Crippen LogP) is 1.71. The molecule has 0 amide bonds. The highest BCUT2D eigenvalue weighted by Gasteiger charge is 2.05. The Labute approximate surface area is 80.8 Å². The molecule has 0 aliphatic heterocycles. The molecule has 2 rings (SSSR count).